The monoisotopic (exact) mass is 241 g/mol. The zero-order chi connectivity index (χ0) is 12.0. The molecule has 0 aliphatic heterocycles. The molecule has 4 N–H and O–H groups in total. The fourth-order valence-electron chi connectivity index (χ4n) is 1.30. The molecule has 0 unspecified atom stereocenters. The molecule has 4 nitrogen and oxygen atoms in total. The van der Waals surface area contributed by atoms with E-state index in [1.54, 1.807) is 18.2 Å². The topological polar surface area (TPSA) is 67.2 Å². The highest BCUT2D eigenvalue weighted by Crippen LogP contribution is 2.19. The van der Waals surface area contributed by atoms with Crippen LogP contribution in [0.3, 0.4) is 0 Å². The Labute approximate surface area is 100 Å². The van der Waals surface area contributed by atoms with Crippen molar-refractivity contribution >= 4 is 23.2 Å². The van der Waals surface area contributed by atoms with E-state index in [0.717, 1.165) is 12.8 Å². The van der Waals surface area contributed by atoms with E-state index < -0.39 is 0 Å². The van der Waals surface area contributed by atoms with Crippen LogP contribution in [0.2, 0.25) is 5.02 Å². The highest BCUT2D eigenvalue weighted by Gasteiger charge is 2.10. The van der Waals surface area contributed by atoms with Gasteiger partial charge in [-0.3, -0.25) is 10.6 Å². The third-order valence-corrected chi connectivity index (χ3v) is 2.43. The van der Waals surface area contributed by atoms with Crippen LogP contribution in [-0.2, 0) is 0 Å². The number of nitrogen functional groups attached to an aromatic ring is 1. The summed E-state index contributed by atoms with van der Waals surface area (Å²) < 4.78 is 0. The minimum Gasteiger partial charge on any atom is -0.352 e. The predicted molar refractivity (Wildman–Crippen MR) is 66.5 cm³/mol. The van der Waals surface area contributed by atoms with Crippen LogP contribution >= 0.6 is 11.6 Å². The van der Waals surface area contributed by atoms with Crippen LogP contribution in [0.25, 0.3) is 0 Å². The second kappa shape index (κ2) is 6.35. The summed E-state index contributed by atoms with van der Waals surface area (Å²) in [5, 5.41) is 3.32. The molecule has 0 fully saturated rings. The molecule has 0 atom stereocenters. The van der Waals surface area contributed by atoms with Crippen molar-refractivity contribution < 1.29 is 4.79 Å². The van der Waals surface area contributed by atoms with Gasteiger partial charge < -0.3 is 10.7 Å². The molecule has 0 radical (unpaired) electrons. The maximum atomic E-state index is 11.8. The standard InChI is InChI=1S/C11H16ClN3O/c1-2-3-6-14-11(16)9-7-8(12)4-5-10(9)15-13/h4-5,7,15H,2-3,6,13H2,1H3,(H,14,16). The van der Waals surface area contributed by atoms with Crippen LogP contribution in [0.15, 0.2) is 18.2 Å². The summed E-state index contributed by atoms with van der Waals surface area (Å²) in [7, 11) is 0. The molecule has 0 saturated carbocycles. The number of carbonyl (C=O) groups is 1. The fourth-order valence-corrected chi connectivity index (χ4v) is 1.48. The van der Waals surface area contributed by atoms with E-state index in [9.17, 15) is 4.79 Å². The maximum absolute atomic E-state index is 11.8. The summed E-state index contributed by atoms with van der Waals surface area (Å²) in [6.45, 7) is 2.73. The molecule has 1 amide bonds. The van der Waals surface area contributed by atoms with Crippen LogP contribution in [0, 0.1) is 0 Å². The van der Waals surface area contributed by atoms with E-state index in [0.29, 0.717) is 22.8 Å². The van der Waals surface area contributed by atoms with Gasteiger partial charge in [-0.2, -0.15) is 0 Å². The number of rotatable bonds is 5. The van der Waals surface area contributed by atoms with Gasteiger partial charge in [-0.1, -0.05) is 24.9 Å². The van der Waals surface area contributed by atoms with Crippen molar-refractivity contribution in [2.75, 3.05) is 12.0 Å². The Hall–Kier alpha value is -1.26. The average molecular weight is 242 g/mol. The number of halogens is 1. The highest BCUT2D eigenvalue weighted by molar-refractivity contribution is 6.31. The third kappa shape index (κ3) is 3.40. The van der Waals surface area contributed by atoms with Crippen LogP contribution in [0.1, 0.15) is 30.1 Å². The van der Waals surface area contributed by atoms with E-state index in [-0.39, 0.29) is 5.91 Å². The van der Waals surface area contributed by atoms with Crippen molar-refractivity contribution in [1.82, 2.24) is 5.32 Å². The minimum absolute atomic E-state index is 0.163. The second-order valence-corrected chi connectivity index (χ2v) is 3.88. The first kappa shape index (κ1) is 12.8. The van der Waals surface area contributed by atoms with Crippen molar-refractivity contribution in [3.63, 3.8) is 0 Å². The van der Waals surface area contributed by atoms with Gasteiger partial charge in [0.2, 0.25) is 0 Å². The fraction of sp³-hybridized carbons (Fsp3) is 0.364. The van der Waals surface area contributed by atoms with Crippen molar-refractivity contribution in [1.29, 1.82) is 0 Å². The van der Waals surface area contributed by atoms with Crippen molar-refractivity contribution in [3.05, 3.63) is 28.8 Å². The zero-order valence-corrected chi connectivity index (χ0v) is 9.97. The highest BCUT2D eigenvalue weighted by atomic mass is 35.5. The number of nitrogens with one attached hydrogen (secondary N) is 2. The lowest BCUT2D eigenvalue weighted by Crippen LogP contribution is -2.26. The Morgan fingerprint density at radius 3 is 2.88 bits per heavy atom. The first-order valence-electron chi connectivity index (χ1n) is 5.23. The molecule has 0 saturated heterocycles. The molecule has 0 spiro atoms. The number of amides is 1. The van der Waals surface area contributed by atoms with Crippen LogP contribution in [-0.4, -0.2) is 12.5 Å². The minimum atomic E-state index is -0.163. The molecule has 0 bridgehead atoms. The normalized spacial score (nSPS) is 9.94. The predicted octanol–water partition coefficient (Wildman–Crippen LogP) is 2.16. The first-order valence-corrected chi connectivity index (χ1v) is 5.61. The van der Waals surface area contributed by atoms with Gasteiger partial charge >= 0.3 is 0 Å². The number of hydrazine groups is 1. The van der Waals surface area contributed by atoms with Crippen LogP contribution in [0.4, 0.5) is 5.69 Å². The second-order valence-electron chi connectivity index (χ2n) is 3.44. The van der Waals surface area contributed by atoms with E-state index in [1.807, 2.05) is 0 Å². The first-order chi connectivity index (χ1) is 7.69. The number of anilines is 1. The molecule has 88 valence electrons. The molecule has 0 heterocycles. The van der Waals surface area contributed by atoms with Gasteiger partial charge in [0.05, 0.1) is 11.3 Å². The van der Waals surface area contributed by atoms with Crippen LogP contribution < -0.4 is 16.6 Å². The van der Waals surface area contributed by atoms with Gasteiger partial charge in [0.15, 0.2) is 0 Å². The molecule has 1 aromatic carbocycles. The number of hydrogen-bond acceptors (Lipinski definition) is 3. The maximum Gasteiger partial charge on any atom is 0.253 e. The van der Waals surface area contributed by atoms with Gasteiger partial charge in [0, 0.05) is 11.6 Å². The molecule has 0 aliphatic rings. The Morgan fingerprint density at radius 2 is 2.25 bits per heavy atom. The lowest BCUT2D eigenvalue weighted by atomic mass is 10.1. The Kier molecular flexibility index (Phi) is 5.08. The van der Waals surface area contributed by atoms with E-state index in [2.05, 4.69) is 17.7 Å². The number of nitrogens with two attached hydrogens (primary N) is 1. The number of benzene rings is 1. The third-order valence-electron chi connectivity index (χ3n) is 2.20. The average Bonchev–Trinajstić information content (AvgIpc) is 2.29. The molecule has 0 aliphatic carbocycles. The zero-order valence-electron chi connectivity index (χ0n) is 9.22. The van der Waals surface area contributed by atoms with Crippen molar-refractivity contribution in [2.24, 2.45) is 5.84 Å². The lowest BCUT2D eigenvalue weighted by molar-refractivity contribution is 0.0954. The lowest BCUT2D eigenvalue weighted by Gasteiger charge is -2.09. The quantitative estimate of drug-likeness (QED) is 0.420. The summed E-state index contributed by atoms with van der Waals surface area (Å²) in [4.78, 5) is 11.8. The molecule has 1 aromatic rings. The summed E-state index contributed by atoms with van der Waals surface area (Å²) in [6.07, 6.45) is 2.00. The van der Waals surface area contributed by atoms with Gasteiger partial charge in [-0.25, -0.2) is 0 Å². The summed E-state index contributed by atoms with van der Waals surface area (Å²) in [6, 6.07) is 4.95. The van der Waals surface area contributed by atoms with Gasteiger partial charge in [-0.15, -0.1) is 0 Å². The molecule has 16 heavy (non-hydrogen) atoms. The Morgan fingerprint density at radius 1 is 1.50 bits per heavy atom. The number of hydrogen-bond donors (Lipinski definition) is 3. The molecule has 1 rings (SSSR count). The smallest absolute Gasteiger partial charge is 0.253 e. The molecular weight excluding hydrogens is 226 g/mol. The van der Waals surface area contributed by atoms with Crippen molar-refractivity contribution in [3.8, 4) is 0 Å². The molecule has 0 aromatic heterocycles. The van der Waals surface area contributed by atoms with Gasteiger partial charge in [0.1, 0.15) is 0 Å². The van der Waals surface area contributed by atoms with E-state index in [4.69, 9.17) is 17.4 Å². The SMILES string of the molecule is CCCCNC(=O)c1cc(Cl)ccc1NN. The largest absolute Gasteiger partial charge is 0.352 e. The van der Waals surface area contributed by atoms with Crippen molar-refractivity contribution in [2.45, 2.75) is 19.8 Å². The molecular formula is C11H16ClN3O. The number of unbranched alkanes of at least 4 members (excludes halogenated alkanes) is 1. The Balaban J connectivity index is 2.76. The number of carbonyl (C=O) groups excluding carboxylic acids is 1. The molecule has 5 heteroatoms. The Bertz CT molecular complexity index is 368. The van der Waals surface area contributed by atoms with E-state index in [1.165, 1.54) is 0 Å². The van der Waals surface area contributed by atoms with Gasteiger partial charge in [0.25, 0.3) is 5.91 Å². The summed E-state index contributed by atoms with van der Waals surface area (Å²) in [5.74, 6) is 5.16. The van der Waals surface area contributed by atoms with Gasteiger partial charge in [-0.05, 0) is 24.6 Å². The summed E-state index contributed by atoms with van der Waals surface area (Å²) >= 11 is 5.83. The summed E-state index contributed by atoms with van der Waals surface area (Å²) in [5.41, 5.74) is 3.51. The van der Waals surface area contributed by atoms with E-state index >= 15 is 0 Å². The van der Waals surface area contributed by atoms with Crippen LogP contribution in [0.5, 0.6) is 0 Å².